The second kappa shape index (κ2) is 16.7. The van der Waals surface area contributed by atoms with Crippen LogP contribution in [0.4, 0.5) is 28.4 Å². The van der Waals surface area contributed by atoms with Gasteiger partial charge in [0.1, 0.15) is 11.5 Å². The van der Waals surface area contributed by atoms with Gasteiger partial charge in [-0.15, -0.1) is 0 Å². The molecule has 0 saturated carbocycles. The topological polar surface area (TPSA) is 20.6 Å². The highest BCUT2D eigenvalue weighted by molar-refractivity contribution is 6.93. The number of hydrogen-bond donors (Lipinski definition) is 0. The quantitative estimate of drug-likeness (QED) is 0.160. The first-order chi connectivity index (χ1) is 37.6. The highest BCUT2D eigenvalue weighted by Crippen LogP contribution is 2.54. The van der Waals surface area contributed by atoms with E-state index in [1.54, 1.807) is 0 Å². The molecule has 0 bridgehead atoms. The van der Waals surface area contributed by atoms with Crippen LogP contribution in [-0.4, -0.2) is 11.4 Å². The van der Waals surface area contributed by atoms with Gasteiger partial charge in [0.05, 0.1) is 11.0 Å². The van der Waals surface area contributed by atoms with E-state index in [0.29, 0.717) is 0 Å². The molecule has 2 aliphatic carbocycles. The zero-order valence-corrected chi connectivity index (χ0v) is 46.3. The summed E-state index contributed by atoms with van der Waals surface area (Å²) in [5.74, 6) is 1.81. The van der Waals surface area contributed by atoms with Gasteiger partial charge in [-0.3, -0.25) is 0 Å². The third kappa shape index (κ3) is 6.98. The molecule has 15 rings (SSSR count). The Hall–Kier alpha value is -8.02. The Morgan fingerprint density at radius 1 is 0.487 bits per heavy atom. The summed E-state index contributed by atoms with van der Waals surface area (Å²) in [7, 11) is 0. The maximum atomic E-state index is 6.76. The van der Waals surface area contributed by atoms with E-state index in [1.165, 1.54) is 106 Å². The molecule has 0 spiro atoms. The van der Waals surface area contributed by atoms with Crippen LogP contribution < -0.4 is 25.4 Å². The lowest BCUT2D eigenvalue weighted by molar-refractivity contribution is 0.332. The third-order valence-electron chi connectivity index (χ3n) is 19.1. The molecular formula is C73H66BN3O. The molecule has 3 aliphatic heterocycles. The van der Waals surface area contributed by atoms with Crippen LogP contribution in [0.2, 0.25) is 0 Å². The third-order valence-corrected chi connectivity index (χ3v) is 19.1. The van der Waals surface area contributed by atoms with Crippen molar-refractivity contribution in [1.82, 2.24) is 4.57 Å². The van der Waals surface area contributed by atoms with Crippen LogP contribution in [-0.2, 0) is 28.1 Å². The number of allylic oxidation sites excluding steroid dienone is 1. The summed E-state index contributed by atoms with van der Waals surface area (Å²) in [5.41, 5.74) is 25.7. The van der Waals surface area contributed by atoms with Crippen LogP contribution >= 0.6 is 0 Å². The Bertz CT molecular complexity index is 4140. The Kier molecular flexibility index (Phi) is 10.1. The molecule has 10 aromatic rings. The second-order valence-corrected chi connectivity index (χ2v) is 25.8. The van der Waals surface area contributed by atoms with Crippen LogP contribution in [0.15, 0.2) is 188 Å². The van der Waals surface area contributed by atoms with Gasteiger partial charge in [0.25, 0.3) is 0 Å². The van der Waals surface area contributed by atoms with Gasteiger partial charge in [-0.1, -0.05) is 165 Å². The number of nitrogens with zero attached hydrogens (tertiary/aromatic N) is 3. The zero-order chi connectivity index (χ0) is 53.0. The summed E-state index contributed by atoms with van der Waals surface area (Å²) in [5, 5.41) is 2.57. The summed E-state index contributed by atoms with van der Waals surface area (Å²) in [6.45, 7) is 19.6. The summed E-state index contributed by atoms with van der Waals surface area (Å²) in [6.07, 6.45) is 7.87. The van der Waals surface area contributed by atoms with Crippen molar-refractivity contribution in [3.63, 3.8) is 0 Å². The molecule has 0 unspecified atom stereocenters. The van der Waals surface area contributed by atoms with Gasteiger partial charge in [-0.05, 0) is 188 Å². The van der Waals surface area contributed by atoms with Gasteiger partial charge < -0.3 is 19.0 Å². The largest absolute Gasteiger partial charge is 0.456 e. The standard InChI is InChI=1S/C73H66BN3O/c1-70(2)35-36-71(3,4)58-42-52(32-34-57(58)70)77-63-43-51(75(49-22-11-9-12-23-49)50-24-13-10-14-25-50)31-33-54(63)56-41-48(40-47-39-46-21-15-19-29-65(46)78-66-30-20-17-26-53(47)66)67-55-27-16-18-28-62(55)76-64-45-60-59(72(5,6)37-38-73(60,7)8)44-61(64)74(77)68(56)69(67)76/h9-34,40-45H,35-39H2,1-8H3/b47-40-. The molecule has 0 fully saturated rings. The number of anilines is 5. The van der Waals surface area contributed by atoms with Crippen molar-refractivity contribution in [3.8, 4) is 28.3 Å². The molecular weight excluding hydrogens is 946 g/mol. The Balaban J connectivity index is 1.10. The average Bonchev–Trinajstić information content (AvgIpc) is 3.70. The lowest BCUT2D eigenvalue weighted by Crippen LogP contribution is -2.61. The Labute approximate surface area is 460 Å². The molecule has 0 atom stereocenters. The highest BCUT2D eigenvalue weighted by Gasteiger charge is 2.48. The van der Waals surface area contributed by atoms with E-state index >= 15 is 0 Å². The molecule has 0 amide bonds. The number of rotatable bonds is 5. The fraction of sp³-hybridized carbons (Fsp3) is 0.233. The summed E-state index contributed by atoms with van der Waals surface area (Å²) in [4.78, 5) is 5.22. The monoisotopic (exact) mass is 1010 g/mol. The molecule has 1 aromatic heterocycles. The highest BCUT2D eigenvalue weighted by atomic mass is 16.5. The Morgan fingerprint density at radius 2 is 1.09 bits per heavy atom. The smallest absolute Gasteiger partial charge is 0.333 e. The maximum Gasteiger partial charge on any atom is 0.333 e. The van der Waals surface area contributed by atoms with Gasteiger partial charge in [0, 0.05) is 62.4 Å². The zero-order valence-electron chi connectivity index (χ0n) is 46.3. The van der Waals surface area contributed by atoms with Crippen LogP contribution in [0.3, 0.4) is 0 Å². The van der Waals surface area contributed by atoms with E-state index in [1.807, 2.05) is 0 Å². The molecule has 382 valence electrons. The first kappa shape index (κ1) is 47.2. The minimum atomic E-state index is -0.150. The van der Waals surface area contributed by atoms with Gasteiger partial charge in [-0.25, -0.2) is 0 Å². The van der Waals surface area contributed by atoms with E-state index in [4.69, 9.17) is 4.74 Å². The molecule has 4 nitrogen and oxygen atoms in total. The van der Waals surface area contributed by atoms with Crippen molar-refractivity contribution >= 4 is 79.7 Å². The second-order valence-electron chi connectivity index (χ2n) is 25.8. The number of ether oxygens (including phenoxy) is 1. The minimum Gasteiger partial charge on any atom is -0.456 e. The molecule has 0 saturated heterocycles. The molecule has 5 heteroatoms. The van der Waals surface area contributed by atoms with Crippen molar-refractivity contribution in [1.29, 1.82) is 0 Å². The van der Waals surface area contributed by atoms with E-state index in [-0.39, 0.29) is 28.5 Å². The molecule has 5 aliphatic rings. The summed E-state index contributed by atoms with van der Waals surface area (Å²) in [6, 6.07) is 71.1. The van der Waals surface area contributed by atoms with E-state index < -0.39 is 0 Å². The first-order valence-electron chi connectivity index (χ1n) is 28.5. The predicted molar refractivity (Wildman–Crippen MR) is 330 cm³/mol. The fourth-order valence-corrected chi connectivity index (χ4v) is 14.7. The van der Waals surface area contributed by atoms with Crippen molar-refractivity contribution in [2.75, 3.05) is 9.71 Å². The lowest BCUT2D eigenvalue weighted by atomic mass is 9.43. The van der Waals surface area contributed by atoms with E-state index in [9.17, 15) is 0 Å². The van der Waals surface area contributed by atoms with Crippen molar-refractivity contribution in [3.05, 3.63) is 227 Å². The van der Waals surface area contributed by atoms with E-state index in [2.05, 4.69) is 264 Å². The fourth-order valence-electron chi connectivity index (χ4n) is 14.7. The summed E-state index contributed by atoms with van der Waals surface area (Å²) >= 11 is 0. The van der Waals surface area contributed by atoms with Gasteiger partial charge >= 0.3 is 6.85 Å². The number of para-hydroxylation sites is 5. The van der Waals surface area contributed by atoms with Crippen LogP contribution in [0.1, 0.15) is 120 Å². The lowest BCUT2D eigenvalue weighted by Gasteiger charge is -2.47. The Morgan fingerprint density at radius 3 is 1.81 bits per heavy atom. The summed E-state index contributed by atoms with van der Waals surface area (Å²) < 4.78 is 9.45. The van der Waals surface area contributed by atoms with Gasteiger partial charge in [-0.2, -0.15) is 0 Å². The van der Waals surface area contributed by atoms with Crippen molar-refractivity contribution in [2.24, 2.45) is 0 Å². The van der Waals surface area contributed by atoms with Crippen LogP contribution in [0, 0.1) is 0 Å². The van der Waals surface area contributed by atoms with Crippen molar-refractivity contribution < 1.29 is 4.74 Å². The normalized spacial score (nSPS) is 18.0. The number of benzene rings is 9. The molecule has 9 aromatic carbocycles. The number of hydrogen-bond acceptors (Lipinski definition) is 3. The van der Waals surface area contributed by atoms with Crippen LogP contribution in [0.25, 0.3) is 50.3 Å². The number of fused-ring (bicyclic) bond motifs is 12. The molecule has 4 heterocycles. The maximum absolute atomic E-state index is 6.76. The van der Waals surface area contributed by atoms with Gasteiger partial charge in [0.15, 0.2) is 0 Å². The van der Waals surface area contributed by atoms with E-state index in [0.717, 1.165) is 59.8 Å². The van der Waals surface area contributed by atoms with Gasteiger partial charge in [0.2, 0.25) is 0 Å². The molecule has 78 heavy (non-hydrogen) atoms. The molecule has 0 radical (unpaired) electrons. The first-order valence-corrected chi connectivity index (χ1v) is 28.5. The molecule has 0 N–H and O–H groups in total. The number of aromatic nitrogens is 1. The predicted octanol–water partition coefficient (Wildman–Crippen LogP) is 18.1. The minimum absolute atomic E-state index is 0.00229. The SMILES string of the molecule is CC1(C)CCC(C)(C)c2cc(N3B4c5cc6c(cc5-n5c7ccccc7c7c(/C=C8/Cc9ccccc9Oc9ccccc98)cc(c4c75)-c4ccc(N(c5ccccc5)c5ccccc5)cc43)C(C)(C)CCC6(C)C)ccc21. The van der Waals surface area contributed by atoms with Crippen molar-refractivity contribution in [2.45, 2.75) is 109 Å². The van der Waals surface area contributed by atoms with Crippen LogP contribution in [0.5, 0.6) is 11.5 Å². The average molecular weight is 1010 g/mol.